The molecule has 0 aromatic carbocycles. The predicted molar refractivity (Wildman–Crippen MR) is 52.3 cm³/mol. The summed E-state index contributed by atoms with van der Waals surface area (Å²) in [5.74, 6) is -1.01. The maximum Gasteiger partial charge on any atom is 0.244 e. The van der Waals surface area contributed by atoms with E-state index >= 15 is 0 Å². The highest BCUT2D eigenvalue weighted by molar-refractivity contribution is 7.09. The van der Waals surface area contributed by atoms with Crippen LogP contribution < -0.4 is 11.1 Å². The van der Waals surface area contributed by atoms with Crippen LogP contribution in [0.15, 0.2) is 23.7 Å². The van der Waals surface area contributed by atoms with Crippen LogP contribution in [0.4, 0.5) is 0 Å². The normalized spacial score (nSPS) is 10.3. The number of nitrogens with two attached hydrogens (primary N) is 1. The number of thiazole rings is 1. The van der Waals surface area contributed by atoms with Crippen LogP contribution in [0.25, 0.3) is 0 Å². The van der Waals surface area contributed by atoms with E-state index in [0.29, 0.717) is 6.54 Å². The average molecular weight is 211 g/mol. The Bertz CT molecular complexity index is 345. The molecule has 0 bridgehead atoms. The van der Waals surface area contributed by atoms with Gasteiger partial charge in [-0.05, 0) is 0 Å². The van der Waals surface area contributed by atoms with Crippen LogP contribution in [0.3, 0.4) is 0 Å². The van der Waals surface area contributed by atoms with Crippen molar-refractivity contribution in [1.29, 1.82) is 0 Å². The number of primary amides is 1. The third kappa shape index (κ3) is 3.81. The third-order valence-electron chi connectivity index (χ3n) is 1.30. The monoisotopic (exact) mass is 211 g/mol. The van der Waals surface area contributed by atoms with Crippen molar-refractivity contribution in [2.75, 3.05) is 0 Å². The fraction of sp³-hybridized carbons (Fsp3) is 0.125. The largest absolute Gasteiger partial charge is 0.366 e. The second-order valence-corrected chi connectivity index (χ2v) is 3.36. The molecule has 1 rings (SSSR count). The van der Waals surface area contributed by atoms with Gasteiger partial charge in [0.2, 0.25) is 11.8 Å². The van der Waals surface area contributed by atoms with E-state index in [0.717, 1.165) is 17.2 Å². The lowest BCUT2D eigenvalue weighted by molar-refractivity contribution is -0.117. The van der Waals surface area contributed by atoms with Crippen molar-refractivity contribution in [3.63, 3.8) is 0 Å². The quantitative estimate of drug-likeness (QED) is 0.676. The fourth-order valence-electron chi connectivity index (χ4n) is 0.720. The van der Waals surface area contributed by atoms with Gasteiger partial charge in [-0.3, -0.25) is 9.59 Å². The van der Waals surface area contributed by atoms with Crippen LogP contribution in [0.1, 0.15) is 5.01 Å². The highest BCUT2D eigenvalue weighted by atomic mass is 32.1. The molecule has 74 valence electrons. The molecule has 0 saturated heterocycles. The second-order valence-electron chi connectivity index (χ2n) is 2.38. The Morgan fingerprint density at radius 1 is 1.57 bits per heavy atom. The van der Waals surface area contributed by atoms with Gasteiger partial charge in [-0.25, -0.2) is 4.98 Å². The number of carbonyl (C=O) groups excluding carboxylic acids is 2. The zero-order valence-corrected chi connectivity index (χ0v) is 8.08. The van der Waals surface area contributed by atoms with E-state index in [2.05, 4.69) is 10.3 Å². The molecule has 14 heavy (non-hydrogen) atoms. The number of aromatic nitrogens is 1. The van der Waals surface area contributed by atoms with E-state index in [1.807, 2.05) is 5.38 Å². The maximum absolute atomic E-state index is 11.0. The summed E-state index contributed by atoms with van der Waals surface area (Å²) in [4.78, 5) is 25.3. The van der Waals surface area contributed by atoms with Crippen molar-refractivity contribution >= 4 is 23.2 Å². The number of nitrogens with zero attached hydrogens (tertiary/aromatic N) is 1. The van der Waals surface area contributed by atoms with Gasteiger partial charge in [0.1, 0.15) is 5.01 Å². The number of nitrogens with one attached hydrogen (secondary N) is 1. The molecule has 2 amide bonds. The van der Waals surface area contributed by atoms with E-state index in [1.165, 1.54) is 11.3 Å². The molecule has 0 aliphatic heterocycles. The lowest BCUT2D eigenvalue weighted by atomic mass is 10.4. The van der Waals surface area contributed by atoms with Crippen molar-refractivity contribution in [2.24, 2.45) is 5.73 Å². The minimum atomic E-state index is -0.644. The Balaban J connectivity index is 2.32. The second kappa shape index (κ2) is 5.13. The van der Waals surface area contributed by atoms with Gasteiger partial charge < -0.3 is 11.1 Å². The molecule has 0 aliphatic carbocycles. The fourth-order valence-corrected chi connectivity index (χ4v) is 1.28. The number of hydrogen-bond donors (Lipinski definition) is 2. The van der Waals surface area contributed by atoms with Crippen molar-refractivity contribution in [3.8, 4) is 0 Å². The zero-order chi connectivity index (χ0) is 10.4. The maximum atomic E-state index is 11.0. The standard InChI is InChI=1S/C8H9N3O2S/c9-6(12)1-2-7(13)11-5-8-10-3-4-14-8/h1-4H,5H2,(H2,9,12)(H,11,13)/b2-1+. The predicted octanol–water partition coefficient (Wildman–Crippen LogP) is -0.199. The molecule has 0 radical (unpaired) electrons. The van der Waals surface area contributed by atoms with Gasteiger partial charge in [-0.1, -0.05) is 0 Å². The average Bonchev–Trinajstić information content (AvgIpc) is 2.63. The molecule has 1 aromatic heterocycles. The first kappa shape index (κ1) is 10.4. The first-order valence-corrected chi connectivity index (χ1v) is 4.70. The Morgan fingerprint density at radius 3 is 2.93 bits per heavy atom. The Hall–Kier alpha value is -1.69. The first-order chi connectivity index (χ1) is 6.68. The van der Waals surface area contributed by atoms with E-state index in [1.54, 1.807) is 6.20 Å². The van der Waals surface area contributed by atoms with Gasteiger partial charge in [0.25, 0.3) is 0 Å². The van der Waals surface area contributed by atoms with Gasteiger partial charge in [-0.2, -0.15) is 0 Å². The molecule has 0 saturated carbocycles. The van der Waals surface area contributed by atoms with Crippen LogP contribution in [-0.2, 0) is 16.1 Å². The molecular formula is C8H9N3O2S. The molecule has 0 atom stereocenters. The van der Waals surface area contributed by atoms with Crippen LogP contribution >= 0.6 is 11.3 Å². The Kier molecular flexibility index (Phi) is 3.81. The zero-order valence-electron chi connectivity index (χ0n) is 7.27. The first-order valence-electron chi connectivity index (χ1n) is 3.82. The summed E-state index contributed by atoms with van der Waals surface area (Å²) in [6, 6.07) is 0. The lowest BCUT2D eigenvalue weighted by Gasteiger charge is -1.96. The molecule has 0 unspecified atom stereocenters. The highest BCUT2D eigenvalue weighted by Crippen LogP contribution is 2.02. The summed E-state index contributed by atoms with van der Waals surface area (Å²) in [5.41, 5.74) is 4.82. The summed E-state index contributed by atoms with van der Waals surface area (Å²) in [6.07, 6.45) is 3.76. The van der Waals surface area contributed by atoms with Gasteiger partial charge in [0, 0.05) is 23.7 Å². The summed E-state index contributed by atoms with van der Waals surface area (Å²) in [6.45, 7) is 0.361. The molecule has 0 fully saturated rings. The van der Waals surface area contributed by atoms with Crippen molar-refractivity contribution < 1.29 is 9.59 Å². The number of rotatable bonds is 4. The van der Waals surface area contributed by atoms with Crippen molar-refractivity contribution in [1.82, 2.24) is 10.3 Å². The topological polar surface area (TPSA) is 85.1 Å². The third-order valence-corrected chi connectivity index (χ3v) is 2.08. The highest BCUT2D eigenvalue weighted by Gasteiger charge is 1.98. The molecular weight excluding hydrogens is 202 g/mol. The molecule has 0 spiro atoms. The van der Waals surface area contributed by atoms with Crippen LogP contribution in [0.5, 0.6) is 0 Å². The Morgan fingerprint density at radius 2 is 2.36 bits per heavy atom. The summed E-state index contributed by atoms with van der Waals surface area (Å²) < 4.78 is 0. The summed E-state index contributed by atoms with van der Waals surface area (Å²) in [7, 11) is 0. The van der Waals surface area contributed by atoms with Gasteiger partial charge in [0.15, 0.2) is 0 Å². The van der Waals surface area contributed by atoms with Crippen LogP contribution in [-0.4, -0.2) is 16.8 Å². The van der Waals surface area contributed by atoms with Gasteiger partial charge >= 0.3 is 0 Å². The smallest absolute Gasteiger partial charge is 0.244 e. The molecule has 5 nitrogen and oxygen atoms in total. The van der Waals surface area contributed by atoms with Crippen LogP contribution in [0.2, 0.25) is 0 Å². The van der Waals surface area contributed by atoms with Crippen molar-refractivity contribution in [3.05, 3.63) is 28.7 Å². The van der Waals surface area contributed by atoms with E-state index in [-0.39, 0.29) is 5.91 Å². The summed E-state index contributed by atoms with van der Waals surface area (Å²) >= 11 is 1.45. The van der Waals surface area contributed by atoms with E-state index in [4.69, 9.17) is 5.73 Å². The van der Waals surface area contributed by atoms with E-state index < -0.39 is 5.91 Å². The SMILES string of the molecule is NC(=O)/C=C/C(=O)NCc1nccs1. The minimum absolute atomic E-state index is 0.361. The molecule has 0 aliphatic rings. The van der Waals surface area contributed by atoms with Crippen LogP contribution in [0, 0.1) is 0 Å². The van der Waals surface area contributed by atoms with Gasteiger partial charge in [-0.15, -0.1) is 11.3 Å². The molecule has 1 heterocycles. The van der Waals surface area contributed by atoms with Gasteiger partial charge in [0.05, 0.1) is 6.54 Å². The lowest BCUT2D eigenvalue weighted by Crippen LogP contribution is -2.21. The molecule has 3 N–H and O–H groups in total. The number of hydrogen-bond acceptors (Lipinski definition) is 4. The number of carbonyl (C=O) groups is 2. The number of amides is 2. The summed E-state index contributed by atoms with van der Waals surface area (Å²) in [5, 5.41) is 5.19. The molecule has 1 aromatic rings. The minimum Gasteiger partial charge on any atom is -0.366 e. The van der Waals surface area contributed by atoms with Crippen molar-refractivity contribution in [2.45, 2.75) is 6.54 Å². The Labute approximate surface area is 84.6 Å². The molecule has 6 heteroatoms. The van der Waals surface area contributed by atoms with E-state index in [9.17, 15) is 9.59 Å².